The van der Waals surface area contributed by atoms with Crippen molar-refractivity contribution in [2.75, 3.05) is 13.2 Å². The van der Waals surface area contributed by atoms with E-state index in [1.54, 1.807) is 6.07 Å². The van der Waals surface area contributed by atoms with Gasteiger partial charge < -0.3 is 15.2 Å². The van der Waals surface area contributed by atoms with E-state index in [0.29, 0.717) is 25.1 Å². The van der Waals surface area contributed by atoms with Crippen LogP contribution in [0.15, 0.2) is 54.6 Å². The Bertz CT molecular complexity index is 653. The van der Waals surface area contributed by atoms with Crippen molar-refractivity contribution in [1.29, 1.82) is 0 Å². The van der Waals surface area contributed by atoms with Gasteiger partial charge in [-0.2, -0.15) is 0 Å². The van der Waals surface area contributed by atoms with E-state index in [4.69, 9.17) is 9.84 Å². The molecule has 0 unspecified atom stereocenters. The molecule has 0 spiro atoms. The summed E-state index contributed by atoms with van der Waals surface area (Å²) in [5.74, 6) is 0.657. The molecule has 0 heterocycles. The first-order chi connectivity index (χ1) is 11.5. The molecule has 0 aliphatic carbocycles. The Morgan fingerprint density at radius 3 is 2.46 bits per heavy atom. The van der Waals surface area contributed by atoms with Crippen LogP contribution in [0, 0.1) is 5.41 Å². The predicted molar refractivity (Wildman–Crippen MR) is 95.0 cm³/mol. The van der Waals surface area contributed by atoms with E-state index in [1.807, 2.05) is 62.4 Å². The van der Waals surface area contributed by atoms with Gasteiger partial charge in [0.1, 0.15) is 12.4 Å². The van der Waals surface area contributed by atoms with E-state index in [9.17, 15) is 4.79 Å². The molecular formula is C20H25NO3. The lowest BCUT2D eigenvalue weighted by Gasteiger charge is -2.24. The summed E-state index contributed by atoms with van der Waals surface area (Å²) in [5.41, 5.74) is 1.33. The number of hydrogen-bond donors (Lipinski definition) is 2. The van der Waals surface area contributed by atoms with Gasteiger partial charge in [-0.1, -0.05) is 50.2 Å². The molecule has 2 aromatic rings. The van der Waals surface area contributed by atoms with E-state index in [0.717, 1.165) is 11.3 Å². The van der Waals surface area contributed by atoms with Gasteiger partial charge >= 0.3 is 0 Å². The van der Waals surface area contributed by atoms with E-state index >= 15 is 0 Å². The highest BCUT2D eigenvalue weighted by Gasteiger charge is 2.19. The van der Waals surface area contributed by atoms with Crippen LogP contribution >= 0.6 is 0 Å². The Labute approximate surface area is 143 Å². The lowest BCUT2D eigenvalue weighted by molar-refractivity contribution is 0.0925. The molecule has 2 rings (SSSR count). The molecule has 1 amide bonds. The zero-order chi connectivity index (χ0) is 17.4. The Balaban J connectivity index is 2.01. The fourth-order valence-corrected chi connectivity index (χ4v) is 2.35. The van der Waals surface area contributed by atoms with Gasteiger partial charge in [0.2, 0.25) is 0 Å². The highest BCUT2D eigenvalue weighted by atomic mass is 16.5. The van der Waals surface area contributed by atoms with Gasteiger partial charge in [-0.3, -0.25) is 4.79 Å². The van der Waals surface area contributed by atoms with E-state index < -0.39 is 0 Å². The van der Waals surface area contributed by atoms with Crippen molar-refractivity contribution in [1.82, 2.24) is 5.32 Å². The van der Waals surface area contributed by atoms with Crippen LogP contribution in [-0.4, -0.2) is 24.2 Å². The number of aliphatic hydroxyl groups is 1. The summed E-state index contributed by atoms with van der Waals surface area (Å²) in [5, 5.41) is 12.0. The van der Waals surface area contributed by atoms with Gasteiger partial charge in [-0.05, 0) is 30.0 Å². The Morgan fingerprint density at radius 1 is 1.08 bits per heavy atom. The summed E-state index contributed by atoms with van der Waals surface area (Å²) in [4.78, 5) is 12.5. The molecule has 0 aliphatic rings. The molecule has 0 bridgehead atoms. The van der Waals surface area contributed by atoms with Gasteiger partial charge in [-0.15, -0.1) is 0 Å². The molecule has 0 atom stereocenters. The molecular weight excluding hydrogens is 302 g/mol. The number of nitrogens with one attached hydrogen (secondary N) is 1. The summed E-state index contributed by atoms with van der Waals surface area (Å²) in [7, 11) is 0. The van der Waals surface area contributed by atoms with E-state index in [-0.39, 0.29) is 17.9 Å². The predicted octanol–water partition coefficient (Wildman–Crippen LogP) is 3.40. The Hall–Kier alpha value is -2.33. The quantitative estimate of drug-likeness (QED) is 0.781. The third-order valence-electron chi connectivity index (χ3n) is 3.92. The van der Waals surface area contributed by atoms with Crippen molar-refractivity contribution in [2.24, 2.45) is 5.41 Å². The fourth-order valence-electron chi connectivity index (χ4n) is 2.35. The third kappa shape index (κ3) is 5.39. The minimum atomic E-state index is -0.139. The van der Waals surface area contributed by atoms with Crippen LogP contribution in [0.2, 0.25) is 0 Å². The molecule has 4 heteroatoms. The summed E-state index contributed by atoms with van der Waals surface area (Å²) < 4.78 is 5.75. The summed E-state index contributed by atoms with van der Waals surface area (Å²) in [6.45, 7) is 5.01. The second-order valence-electron chi connectivity index (χ2n) is 6.58. The van der Waals surface area contributed by atoms with E-state index in [2.05, 4.69) is 5.32 Å². The number of rotatable bonds is 8. The molecule has 4 nitrogen and oxygen atoms in total. The highest BCUT2D eigenvalue weighted by Crippen LogP contribution is 2.19. The third-order valence-corrected chi connectivity index (χ3v) is 3.92. The lowest BCUT2D eigenvalue weighted by atomic mass is 9.89. The number of carbonyl (C=O) groups excluding carboxylic acids is 1. The van der Waals surface area contributed by atoms with Gasteiger partial charge in [0.15, 0.2) is 0 Å². The van der Waals surface area contributed by atoms with Crippen LogP contribution in [0.25, 0.3) is 0 Å². The maximum Gasteiger partial charge on any atom is 0.251 e. The number of ether oxygens (including phenoxy) is 1. The maximum absolute atomic E-state index is 12.5. The van der Waals surface area contributed by atoms with Crippen LogP contribution in [0.1, 0.15) is 36.2 Å². The first kappa shape index (κ1) is 18.0. The normalized spacial score (nSPS) is 11.1. The van der Waals surface area contributed by atoms with E-state index in [1.165, 1.54) is 0 Å². The number of carbonyl (C=O) groups is 1. The van der Waals surface area contributed by atoms with Crippen molar-refractivity contribution >= 4 is 5.91 Å². The zero-order valence-electron chi connectivity index (χ0n) is 14.3. The van der Waals surface area contributed by atoms with Crippen LogP contribution in [-0.2, 0) is 6.61 Å². The molecule has 0 radical (unpaired) electrons. The smallest absolute Gasteiger partial charge is 0.251 e. The molecule has 2 aromatic carbocycles. The van der Waals surface area contributed by atoms with Crippen LogP contribution in [0.3, 0.4) is 0 Å². The largest absolute Gasteiger partial charge is 0.489 e. The SMILES string of the molecule is CC(C)(CCO)CNC(=O)c1ccccc1COc1ccccc1. The lowest BCUT2D eigenvalue weighted by Crippen LogP contribution is -2.35. The van der Waals surface area contributed by atoms with Crippen molar-refractivity contribution in [3.05, 3.63) is 65.7 Å². The van der Waals surface area contributed by atoms with Gasteiger partial charge in [0.25, 0.3) is 5.91 Å². The Kier molecular flexibility index (Phi) is 6.38. The van der Waals surface area contributed by atoms with Crippen molar-refractivity contribution in [3.8, 4) is 5.75 Å². The molecule has 24 heavy (non-hydrogen) atoms. The van der Waals surface area contributed by atoms with Crippen LogP contribution < -0.4 is 10.1 Å². The van der Waals surface area contributed by atoms with Crippen molar-refractivity contribution in [3.63, 3.8) is 0 Å². The average Bonchev–Trinajstić information content (AvgIpc) is 2.59. The van der Waals surface area contributed by atoms with Gasteiger partial charge in [0, 0.05) is 24.3 Å². The van der Waals surface area contributed by atoms with Crippen molar-refractivity contribution in [2.45, 2.75) is 26.9 Å². The number of para-hydroxylation sites is 1. The molecule has 0 aliphatic heterocycles. The second-order valence-corrected chi connectivity index (χ2v) is 6.58. The highest BCUT2D eigenvalue weighted by molar-refractivity contribution is 5.95. The zero-order valence-corrected chi connectivity index (χ0v) is 14.3. The minimum absolute atomic E-state index is 0.115. The van der Waals surface area contributed by atoms with Crippen molar-refractivity contribution < 1.29 is 14.6 Å². The molecule has 0 aromatic heterocycles. The number of aliphatic hydroxyl groups excluding tert-OH is 1. The second kappa shape index (κ2) is 8.50. The van der Waals surface area contributed by atoms with Crippen LogP contribution in [0.4, 0.5) is 0 Å². The number of hydrogen-bond acceptors (Lipinski definition) is 3. The van der Waals surface area contributed by atoms with Crippen LogP contribution in [0.5, 0.6) is 5.75 Å². The molecule has 0 saturated carbocycles. The standard InChI is InChI=1S/C20H25NO3/c1-20(2,12-13-22)15-21-19(23)18-11-7-6-8-16(18)14-24-17-9-4-3-5-10-17/h3-11,22H,12-15H2,1-2H3,(H,21,23). The minimum Gasteiger partial charge on any atom is -0.489 e. The average molecular weight is 327 g/mol. The summed E-state index contributed by atoms with van der Waals surface area (Å²) in [6, 6.07) is 17.0. The summed E-state index contributed by atoms with van der Waals surface area (Å²) in [6.07, 6.45) is 0.645. The summed E-state index contributed by atoms with van der Waals surface area (Å²) >= 11 is 0. The first-order valence-electron chi connectivity index (χ1n) is 8.17. The topological polar surface area (TPSA) is 58.6 Å². The first-order valence-corrected chi connectivity index (χ1v) is 8.17. The number of amides is 1. The maximum atomic E-state index is 12.5. The molecule has 128 valence electrons. The number of benzene rings is 2. The fraction of sp³-hybridized carbons (Fsp3) is 0.350. The molecule has 2 N–H and O–H groups in total. The van der Waals surface area contributed by atoms with Gasteiger partial charge in [0.05, 0.1) is 0 Å². The van der Waals surface area contributed by atoms with Gasteiger partial charge in [-0.25, -0.2) is 0 Å². The Morgan fingerprint density at radius 2 is 1.75 bits per heavy atom. The monoisotopic (exact) mass is 327 g/mol. The molecule has 0 fully saturated rings. The molecule has 0 saturated heterocycles.